The summed E-state index contributed by atoms with van der Waals surface area (Å²) in [6.07, 6.45) is 1.05. The number of rotatable bonds is 8. The molecule has 0 saturated carbocycles. The molecule has 4 heteroatoms. The Bertz CT molecular complexity index is 874. The van der Waals surface area contributed by atoms with Crippen molar-refractivity contribution < 1.29 is 14.3 Å². The topological polar surface area (TPSA) is 47.6 Å². The summed E-state index contributed by atoms with van der Waals surface area (Å²) in [5.41, 5.74) is 3.16. The second-order valence-electron chi connectivity index (χ2n) is 6.61. The minimum Gasteiger partial charge on any atom is -0.497 e. The molecule has 1 N–H and O–H groups in total. The number of benzene rings is 3. The first-order valence-electron chi connectivity index (χ1n) is 9.28. The second-order valence-corrected chi connectivity index (χ2v) is 6.61. The first-order chi connectivity index (χ1) is 13.7. The molecule has 0 bridgehead atoms. The average molecular weight is 375 g/mol. The molecule has 0 radical (unpaired) electrons. The standard InChI is InChI=1S/C24H25NO3/c1-27-21-12-8-19(9-13-21)16-23(20-10-14-22(28-2)15-11-20)25-24(26)17-18-6-4-3-5-7-18/h3-15,23H,16-17H2,1-2H3,(H,25,26). The molecule has 3 aromatic carbocycles. The summed E-state index contributed by atoms with van der Waals surface area (Å²) in [5, 5.41) is 3.19. The Labute approximate surface area is 166 Å². The van der Waals surface area contributed by atoms with E-state index < -0.39 is 0 Å². The number of hydrogen-bond acceptors (Lipinski definition) is 3. The molecule has 1 atom stereocenters. The average Bonchev–Trinajstić information content (AvgIpc) is 2.74. The number of nitrogens with one attached hydrogen (secondary N) is 1. The molecule has 0 spiro atoms. The molecule has 0 aromatic heterocycles. The van der Waals surface area contributed by atoms with Crippen LogP contribution in [0.3, 0.4) is 0 Å². The maximum atomic E-state index is 12.7. The van der Waals surface area contributed by atoms with Crippen LogP contribution in [0.25, 0.3) is 0 Å². The second kappa shape index (κ2) is 9.60. The van der Waals surface area contributed by atoms with Crippen LogP contribution in [0, 0.1) is 0 Å². The highest BCUT2D eigenvalue weighted by Gasteiger charge is 2.16. The Kier molecular flexibility index (Phi) is 6.68. The quantitative estimate of drug-likeness (QED) is 0.637. The summed E-state index contributed by atoms with van der Waals surface area (Å²) in [5.74, 6) is 1.61. The predicted octanol–water partition coefficient (Wildman–Crippen LogP) is 4.35. The van der Waals surface area contributed by atoms with Gasteiger partial charge in [0.25, 0.3) is 0 Å². The van der Waals surface area contributed by atoms with Crippen molar-refractivity contribution in [3.63, 3.8) is 0 Å². The third-order valence-corrected chi connectivity index (χ3v) is 4.66. The number of methoxy groups -OCH3 is 2. The first-order valence-corrected chi connectivity index (χ1v) is 9.28. The van der Waals surface area contributed by atoms with Gasteiger partial charge in [0, 0.05) is 0 Å². The molecular weight excluding hydrogens is 350 g/mol. The number of carbonyl (C=O) groups excluding carboxylic acids is 1. The summed E-state index contributed by atoms with van der Waals surface area (Å²) in [6.45, 7) is 0. The van der Waals surface area contributed by atoms with Crippen LogP contribution in [0.2, 0.25) is 0 Å². The van der Waals surface area contributed by atoms with Gasteiger partial charge in [-0.3, -0.25) is 4.79 Å². The zero-order valence-corrected chi connectivity index (χ0v) is 16.2. The van der Waals surface area contributed by atoms with Crippen molar-refractivity contribution in [3.8, 4) is 11.5 Å². The summed E-state index contributed by atoms with van der Waals surface area (Å²) < 4.78 is 10.5. The Balaban J connectivity index is 1.77. The molecule has 3 aromatic rings. The molecule has 0 heterocycles. The van der Waals surface area contributed by atoms with E-state index >= 15 is 0 Å². The number of ether oxygens (including phenoxy) is 2. The Hall–Kier alpha value is -3.27. The van der Waals surface area contributed by atoms with Gasteiger partial charge in [0.2, 0.25) is 5.91 Å². The van der Waals surface area contributed by atoms with E-state index in [1.807, 2.05) is 78.9 Å². The highest BCUT2D eigenvalue weighted by atomic mass is 16.5. The number of carbonyl (C=O) groups is 1. The van der Waals surface area contributed by atoms with Crippen LogP contribution >= 0.6 is 0 Å². The molecule has 1 unspecified atom stereocenters. The third kappa shape index (κ3) is 5.36. The monoisotopic (exact) mass is 375 g/mol. The first kappa shape index (κ1) is 19.5. The van der Waals surface area contributed by atoms with E-state index in [9.17, 15) is 4.79 Å². The summed E-state index contributed by atoms with van der Waals surface area (Å²) in [4.78, 5) is 12.7. The van der Waals surface area contributed by atoms with Gasteiger partial charge in [-0.05, 0) is 47.4 Å². The fraction of sp³-hybridized carbons (Fsp3) is 0.208. The summed E-state index contributed by atoms with van der Waals surface area (Å²) >= 11 is 0. The lowest BCUT2D eigenvalue weighted by atomic mass is 9.98. The van der Waals surface area contributed by atoms with E-state index in [0.717, 1.165) is 28.2 Å². The predicted molar refractivity (Wildman–Crippen MR) is 111 cm³/mol. The third-order valence-electron chi connectivity index (χ3n) is 4.66. The minimum absolute atomic E-state index is 0.000490. The normalized spacial score (nSPS) is 11.5. The zero-order chi connectivity index (χ0) is 19.8. The Morgan fingerprint density at radius 1 is 0.786 bits per heavy atom. The van der Waals surface area contributed by atoms with Crippen molar-refractivity contribution in [1.29, 1.82) is 0 Å². The van der Waals surface area contributed by atoms with Gasteiger partial charge in [-0.1, -0.05) is 54.6 Å². The van der Waals surface area contributed by atoms with Crippen LogP contribution < -0.4 is 14.8 Å². The molecule has 0 aliphatic carbocycles. The van der Waals surface area contributed by atoms with Crippen molar-refractivity contribution in [2.75, 3.05) is 14.2 Å². The maximum absolute atomic E-state index is 12.7. The van der Waals surface area contributed by atoms with Gasteiger partial charge >= 0.3 is 0 Å². The Morgan fingerprint density at radius 3 is 1.93 bits per heavy atom. The lowest BCUT2D eigenvalue weighted by Crippen LogP contribution is -2.31. The SMILES string of the molecule is COc1ccc(CC(NC(=O)Cc2ccccc2)c2ccc(OC)cc2)cc1. The van der Waals surface area contributed by atoms with Gasteiger partial charge in [0.15, 0.2) is 0 Å². The van der Waals surface area contributed by atoms with Crippen molar-refractivity contribution in [2.45, 2.75) is 18.9 Å². The molecule has 28 heavy (non-hydrogen) atoms. The van der Waals surface area contributed by atoms with Gasteiger partial charge in [0.05, 0.1) is 26.7 Å². The lowest BCUT2D eigenvalue weighted by molar-refractivity contribution is -0.121. The molecule has 0 fully saturated rings. The van der Waals surface area contributed by atoms with Crippen LogP contribution in [-0.2, 0) is 17.6 Å². The molecule has 0 aliphatic heterocycles. The van der Waals surface area contributed by atoms with Crippen molar-refractivity contribution >= 4 is 5.91 Å². The summed E-state index contributed by atoms with van der Waals surface area (Å²) in [6, 6.07) is 25.4. The van der Waals surface area contributed by atoms with E-state index in [2.05, 4.69) is 5.32 Å². The zero-order valence-electron chi connectivity index (χ0n) is 16.2. The van der Waals surface area contributed by atoms with Gasteiger partial charge < -0.3 is 14.8 Å². The van der Waals surface area contributed by atoms with Crippen LogP contribution in [0.15, 0.2) is 78.9 Å². The summed E-state index contributed by atoms with van der Waals surface area (Å²) in [7, 11) is 3.30. The fourth-order valence-corrected chi connectivity index (χ4v) is 3.11. The fourth-order valence-electron chi connectivity index (χ4n) is 3.11. The highest BCUT2D eigenvalue weighted by molar-refractivity contribution is 5.79. The number of amides is 1. The van der Waals surface area contributed by atoms with E-state index in [1.54, 1.807) is 14.2 Å². The smallest absolute Gasteiger partial charge is 0.224 e. The maximum Gasteiger partial charge on any atom is 0.224 e. The molecule has 144 valence electrons. The van der Waals surface area contributed by atoms with Gasteiger partial charge in [-0.2, -0.15) is 0 Å². The highest BCUT2D eigenvalue weighted by Crippen LogP contribution is 2.23. The molecule has 0 aliphatic rings. The van der Waals surface area contributed by atoms with E-state index in [1.165, 1.54) is 0 Å². The largest absolute Gasteiger partial charge is 0.497 e. The molecule has 1 amide bonds. The number of hydrogen-bond donors (Lipinski definition) is 1. The van der Waals surface area contributed by atoms with Crippen molar-refractivity contribution in [1.82, 2.24) is 5.32 Å². The minimum atomic E-state index is -0.129. The van der Waals surface area contributed by atoms with Gasteiger partial charge in [0.1, 0.15) is 11.5 Å². The van der Waals surface area contributed by atoms with Gasteiger partial charge in [-0.25, -0.2) is 0 Å². The van der Waals surface area contributed by atoms with E-state index in [0.29, 0.717) is 12.8 Å². The van der Waals surface area contributed by atoms with Crippen molar-refractivity contribution in [2.24, 2.45) is 0 Å². The van der Waals surface area contributed by atoms with Gasteiger partial charge in [-0.15, -0.1) is 0 Å². The van der Waals surface area contributed by atoms with Crippen LogP contribution in [0.1, 0.15) is 22.7 Å². The molecule has 0 saturated heterocycles. The van der Waals surface area contributed by atoms with Crippen molar-refractivity contribution in [3.05, 3.63) is 95.6 Å². The van der Waals surface area contributed by atoms with Crippen LogP contribution in [0.5, 0.6) is 11.5 Å². The lowest BCUT2D eigenvalue weighted by Gasteiger charge is -2.20. The van der Waals surface area contributed by atoms with Crippen LogP contribution in [-0.4, -0.2) is 20.1 Å². The molecule has 3 rings (SSSR count). The van der Waals surface area contributed by atoms with E-state index in [4.69, 9.17) is 9.47 Å². The van der Waals surface area contributed by atoms with Crippen LogP contribution in [0.4, 0.5) is 0 Å². The molecule has 4 nitrogen and oxygen atoms in total. The Morgan fingerprint density at radius 2 is 1.36 bits per heavy atom. The molecular formula is C24H25NO3. The van der Waals surface area contributed by atoms with E-state index in [-0.39, 0.29) is 11.9 Å².